The van der Waals surface area contributed by atoms with Crippen LogP contribution in [0.25, 0.3) is 0 Å². The number of fused-ring (bicyclic) bond motifs is 2. The number of para-hydroxylation sites is 1. The van der Waals surface area contributed by atoms with E-state index in [0.29, 0.717) is 12.2 Å². The number of rotatable bonds is 2. The van der Waals surface area contributed by atoms with Gasteiger partial charge in [-0.15, -0.1) is 0 Å². The van der Waals surface area contributed by atoms with Crippen LogP contribution in [0.15, 0.2) is 66.7 Å². The van der Waals surface area contributed by atoms with Crippen molar-refractivity contribution < 1.29 is 14.3 Å². The lowest BCUT2D eigenvalue weighted by Gasteiger charge is -2.26. The van der Waals surface area contributed by atoms with Crippen LogP contribution < -0.4 is 9.64 Å². The zero-order valence-corrected chi connectivity index (χ0v) is 14.7. The maximum absolute atomic E-state index is 12.0. The second-order valence-electron chi connectivity index (χ2n) is 6.27. The summed E-state index contributed by atoms with van der Waals surface area (Å²) >= 11 is 0. The molecule has 0 saturated carbocycles. The van der Waals surface area contributed by atoms with E-state index < -0.39 is 0 Å². The molecular weight excluding hydrogens is 326 g/mol. The third kappa shape index (κ3) is 2.80. The lowest BCUT2D eigenvalue weighted by molar-refractivity contribution is 0.0600. The van der Waals surface area contributed by atoms with Crippen molar-refractivity contribution in [2.24, 2.45) is 0 Å². The number of carbonyl (C=O) groups is 1. The molecule has 0 saturated heterocycles. The monoisotopic (exact) mass is 345 g/mol. The fourth-order valence-corrected chi connectivity index (χ4v) is 3.24. The van der Waals surface area contributed by atoms with Gasteiger partial charge in [-0.1, -0.05) is 30.3 Å². The van der Waals surface area contributed by atoms with Crippen LogP contribution in [0.3, 0.4) is 0 Å². The summed E-state index contributed by atoms with van der Waals surface area (Å²) in [5.74, 6) is 0.366. The number of methoxy groups -OCH3 is 1. The Labute approximate surface area is 152 Å². The molecule has 0 amide bonds. The fraction of sp³-hybridized carbons (Fsp3) is 0.136. The lowest BCUT2D eigenvalue weighted by Crippen LogP contribution is -2.12. The molecule has 0 fully saturated rings. The summed E-state index contributed by atoms with van der Waals surface area (Å²) in [6, 6.07) is 21.8. The molecule has 4 rings (SSSR count). The van der Waals surface area contributed by atoms with Crippen molar-refractivity contribution in [1.82, 2.24) is 0 Å². The van der Waals surface area contributed by atoms with Crippen molar-refractivity contribution in [2.75, 3.05) is 12.0 Å². The Morgan fingerprint density at radius 3 is 2.65 bits per heavy atom. The van der Waals surface area contributed by atoms with Gasteiger partial charge in [0, 0.05) is 11.3 Å². The van der Waals surface area contributed by atoms with Gasteiger partial charge in [-0.3, -0.25) is 0 Å². The Hall–Kier alpha value is -3.27. The summed E-state index contributed by atoms with van der Waals surface area (Å²) in [7, 11) is 1.39. The van der Waals surface area contributed by atoms with Crippen molar-refractivity contribution >= 4 is 23.0 Å². The molecule has 130 valence electrons. The summed E-state index contributed by atoms with van der Waals surface area (Å²) in [5.41, 5.74) is 5.63. The number of nitrogens with zero attached hydrogens (tertiary/aromatic N) is 1. The van der Waals surface area contributed by atoms with Gasteiger partial charge in [0.05, 0.1) is 24.0 Å². The number of hydrogen-bond donors (Lipinski definition) is 0. The molecule has 0 spiro atoms. The van der Waals surface area contributed by atoms with E-state index in [1.54, 1.807) is 6.07 Å². The standard InChI is InChI=1S/C22H19NO3/c1-15-6-5-8-18(12-15)23-19-9-4-3-7-17(19)14-26-21-11-10-16(13-20(21)23)22(24)25-2/h3-13H,14H2,1-2H3. The van der Waals surface area contributed by atoms with E-state index >= 15 is 0 Å². The Morgan fingerprint density at radius 1 is 1.00 bits per heavy atom. The van der Waals surface area contributed by atoms with Crippen LogP contribution >= 0.6 is 0 Å². The molecule has 1 aliphatic rings. The van der Waals surface area contributed by atoms with Gasteiger partial charge in [-0.2, -0.15) is 0 Å². The first-order valence-corrected chi connectivity index (χ1v) is 8.47. The third-order valence-electron chi connectivity index (χ3n) is 4.50. The Bertz CT molecular complexity index is 981. The second-order valence-corrected chi connectivity index (χ2v) is 6.27. The van der Waals surface area contributed by atoms with Gasteiger partial charge < -0.3 is 14.4 Å². The van der Waals surface area contributed by atoms with Gasteiger partial charge in [-0.25, -0.2) is 4.79 Å². The van der Waals surface area contributed by atoms with Crippen LogP contribution in [0.5, 0.6) is 5.75 Å². The SMILES string of the molecule is COC(=O)c1ccc2c(c1)N(c1cccc(C)c1)c1ccccc1CO2. The average Bonchev–Trinajstić information content (AvgIpc) is 2.83. The van der Waals surface area contributed by atoms with E-state index in [9.17, 15) is 4.79 Å². The van der Waals surface area contributed by atoms with E-state index in [2.05, 4.69) is 42.2 Å². The minimum Gasteiger partial charge on any atom is -0.487 e. The second kappa shape index (κ2) is 6.56. The molecule has 0 unspecified atom stereocenters. The Kier molecular flexibility index (Phi) is 4.09. The molecule has 1 heterocycles. The molecule has 0 N–H and O–H groups in total. The molecule has 0 aromatic heterocycles. The molecule has 4 nitrogen and oxygen atoms in total. The fourth-order valence-electron chi connectivity index (χ4n) is 3.24. The highest BCUT2D eigenvalue weighted by Gasteiger charge is 2.24. The highest BCUT2D eigenvalue weighted by atomic mass is 16.5. The quantitative estimate of drug-likeness (QED) is 0.603. The highest BCUT2D eigenvalue weighted by Crippen LogP contribution is 2.44. The molecule has 3 aromatic rings. The van der Waals surface area contributed by atoms with Crippen molar-refractivity contribution in [3.63, 3.8) is 0 Å². The molecule has 0 aliphatic carbocycles. The summed E-state index contributed by atoms with van der Waals surface area (Å²) in [6.45, 7) is 2.54. The minimum absolute atomic E-state index is 0.366. The first kappa shape index (κ1) is 16.2. The van der Waals surface area contributed by atoms with Gasteiger partial charge >= 0.3 is 5.97 Å². The van der Waals surface area contributed by atoms with E-state index in [1.165, 1.54) is 7.11 Å². The molecule has 1 aliphatic heterocycles. The molecule has 26 heavy (non-hydrogen) atoms. The zero-order chi connectivity index (χ0) is 18.1. The Morgan fingerprint density at radius 2 is 1.85 bits per heavy atom. The van der Waals surface area contributed by atoms with E-state index in [-0.39, 0.29) is 5.97 Å². The van der Waals surface area contributed by atoms with Crippen molar-refractivity contribution in [3.05, 3.63) is 83.4 Å². The molecular formula is C22H19NO3. The van der Waals surface area contributed by atoms with Crippen molar-refractivity contribution in [2.45, 2.75) is 13.5 Å². The first-order chi connectivity index (χ1) is 12.7. The molecule has 3 aromatic carbocycles. The smallest absolute Gasteiger partial charge is 0.337 e. The molecule has 0 bridgehead atoms. The number of hydrogen-bond acceptors (Lipinski definition) is 4. The van der Waals surface area contributed by atoms with Crippen molar-refractivity contribution in [1.29, 1.82) is 0 Å². The van der Waals surface area contributed by atoms with Crippen molar-refractivity contribution in [3.8, 4) is 5.75 Å². The first-order valence-electron chi connectivity index (χ1n) is 8.47. The summed E-state index contributed by atoms with van der Waals surface area (Å²) in [4.78, 5) is 14.2. The normalized spacial score (nSPS) is 12.5. The number of benzene rings is 3. The van der Waals surface area contributed by atoms with E-state index in [0.717, 1.165) is 33.9 Å². The van der Waals surface area contributed by atoms with Gasteiger partial charge in [0.15, 0.2) is 0 Å². The van der Waals surface area contributed by atoms with Crippen LogP contribution in [0, 0.1) is 6.92 Å². The maximum atomic E-state index is 12.0. The summed E-state index contributed by atoms with van der Waals surface area (Å²) in [5, 5.41) is 0. The topological polar surface area (TPSA) is 38.8 Å². The van der Waals surface area contributed by atoms with Gasteiger partial charge in [0.2, 0.25) is 0 Å². The summed E-state index contributed by atoms with van der Waals surface area (Å²) in [6.07, 6.45) is 0. The summed E-state index contributed by atoms with van der Waals surface area (Å²) < 4.78 is 10.9. The van der Waals surface area contributed by atoms with Crippen LogP contribution in [-0.2, 0) is 11.3 Å². The number of ether oxygens (including phenoxy) is 2. The van der Waals surface area contributed by atoms with Gasteiger partial charge in [0.25, 0.3) is 0 Å². The Balaban J connectivity index is 1.97. The number of carbonyl (C=O) groups excluding carboxylic acids is 1. The molecule has 0 radical (unpaired) electrons. The van der Waals surface area contributed by atoms with E-state index in [4.69, 9.17) is 9.47 Å². The highest BCUT2D eigenvalue weighted by molar-refractivity contribution is 5.93. The number of anilines is 3. The molecule has 0 atom stereocenters. The number of esters is 1. The number of aryl methyl sites for hydroxylation is 1. The predicted octanol–water partition coefficient (Wildman–Crippen LogP) is 5.14. The maximum Gasteiger partial charge on any atom is 0.337 e. The van der Waals surface area contributed by atoms with E-state index in [1.807, 2.05) is 30.3 Å². The average molecular weight is 345 g/mol. The van der Waals surface area contributed by atoms with Crippen LogP contribution in [0.4, 0.5) is 17.1 Å². The van der Waals surface area contributed by atoms with Crippen LogP contribution in [0.2, 0.25) is 0 Å². The molecule has 4 heteroatoms. The van der Waals surface area contributed by atoms with Gasteiger partial charge in [-0.05, 0) is 48.9 Å². The lowest BCUT2D eigenvalue weighted by atomic mass is 10.1. The van der Waals surface area contributed by atoms with Crippen LogP contribution in [-0.4, -0.2) is 13.1 Å². The van der Waals surface area contributed by atoms with Crippen LogP contribution in [0.1, 0.15) is 21.5 Å². The predicted molar refractivity (Wildman–Crippen MR) is 102 cm³/mol. The van der Waals surface area contributed by atoms with Gasteiger partial charge in [0.1, 0.15) is 12.4 Å². The third-order valence-corrected chi connectivity index (χ3v) is 4.50. The minimum atomic E-state index is -0.366. The zero-order valence-electron chi connectivity index (χ0n) is 14.7. The largest absolute Gasteiger partial charge is 0.487 e.